The molecule has 0 atom stereocenters. The monoisotopic (exact) mass is 600 g/mol. The summed E-state index contributed by atoms with van der Waals surface area (Å²) in [5, 5.41) is 7.79. The van der Waals surface area contributed by atoms with Gasteiger partial charge in [-0.3, -0.25) is 0 Å². The highest BCUT2D eigenvalue weighted by atomic mass is 14.1. The maximum Gasteiger partial charge on any atom is -0.00987 e. The van der Waals surface area contributed by atoms with Gasteiger partial charge in [0.1, 0.15) is 0 Å². The van der Waals surface area contributed by atoms with Crippen LogP contribution in [0.5, 0.6) is 0 Å². The highest BCUT2D eigenvalue weighted by Gasteiger charge is 2.06. The van der Waals surface area contributed by atoms with Gasteiger partial charge in [0.2, 0.25) is 0 Å². The van der Waals surface area contributed by atoms with Gasteiger partial charge in [0, 0.05) is 0 Å². The first kappa shape index (κ1) is 31.6. The van der Waals surface area contributed by atoms with Gasteiger partial charge in [-0.1, -0.05) is 174 Å². The zero-order valence-electron chi connectivity index (χ0n) is 27.8. The van der Waals surface area contributed by atoms with E-state index in [1.807, 2.05) is 0 Å². The third-order valence-electron chi connectivity index (χ3n) is 9.42. The Morgan fingerprint density at radius 3 is 1.13 bits per heavy atom. The maximum absolute atomic E-state index is 2.35. The van der Waals surface area contributed by atoms with E-state index >= 15 is 0 Å². The number of unbranched alkanes of at least 4 members (excludes halogenated alkanes) is 6. The molecule has 0 amide bonds. The molecule has 6 aromatic rings. The molecule has 0 bridgehead atoms. The molecular formula is C46H48. The quantitative estimate of drug-likeness (QED) is 0.0663. The van der Waals surface area contributed by atoms with Gasteiger partial charge in [0.25, 0.3) is 0 Å². The van der Waals surface area contributed by atoms with Crippen LogP contribution in [0.3, 0.4) is 0 Å². The summed E-state index contributed by atoms with van der Waals surface area (Å²) >= 11 is 0. The number of hydrogen-bond acceptors (Lipinski definition) is 0. The van der Waals surface area contributed by atoms with Gasteiger partial charge in [-0.2, -0.15) is 0 Å². The third-order valence-corrected chi connectivity index (χ3v) is 9.42. The van der Waals surface area contributed by atoms with Crippen LogP contribution in [0.25, 0.3) is 56.6 Å². The SMILES string of the molecule is CCCCCCc1ccc(/C=C/c2ccc3ccc4c5cc(/C=C/c6ccc(CCCCCC)cc6)ccc5ccc4c3c2)cc1. The molecule has 6 rings (SSSR count). The van der Waals surface area contributed by atoms with Gasteiger partial charge in [-0.25, -0.2) is 0 Å². The summed E-state index contributed by atoms with van der Waals surface area (Å²) in [5.41, 5.74) is 7.84. The smallest absolute Gasteiger partial charge is 0.00987 e. The minimum Gasteiger partial charge on any atom is -0.0654 e. The van der Waals surface area contributed by atoms with E-state index in [4.69, 9.17) is 0 Å². The third kappa shape index (κ3) is 8.04. The van der Waals surface area contributed by atoms with Gasteiger partial charge in [0.05, 0.1) is 0 Å². The summed E-state index contributed by atoms with van der Waals surface area (Å²) in [6.45, 7) is 4.54. The summed E-state index contributed by atoms with van der Waals surface area (Å²) in [5.74, 6) is 0. The van der Waals surface area contributed by atoms with Gasteiger partial charge in [-0.15, -0.1) is 0 Å². The van der Waals surface area contributed by atoms with Crippen LogP contribution in [0.2, 0.25) is 0 Å². The lowest BCUT2D eigenvalue weighted by Crippen LogP contribution is -1.86. The van der Waals surface area contributed by atoms with Crippen molar-refractivity contribution in [2.24, 2.45) is 0 Å². The van der Waals surface area contributed by atoms with E-state index in [9.17, 15) is 0 Å². The standard InChI is InChI=1S/C46H48/c1-3-5-7-9-11-35-13-17-37(18-14-35)21-23-39-25-27-41-29-32-44-43(45(41)33-39)31-30-42-28-26-40(34-46(42)44)24-22-38-19-15-36(16-20-38)12-10-8-6-4-2/h13-34H,3-12H2,1-2H3/b23-21+,24-22+. The number of rotatable bonds is 14. The molecular weight excluding hydrogens is 553 g/mol. The molecule has 0 heterocycles. The van der Waals surface area contributed by atoms with E-state index in [-0.39, 0.29) is 0 Å². The molecule has 46 heavy (non-hydrogen) atoms. The molecule has 0 heteroatoms. The summed E-state index contributed by atoms with van der Waals surface area (Å²) < 4.78 is 0. The summed E-state index contributed by atoms with van der Waals surface area (Å²) in [4.78, 5) is 0. The van der Waals surface area contributed by atoms with Crippen LogP contribution >= 0.6 is 0 Å². The molecule has 0 nitrogen and oxygen atoms in total. The minimum absolute atomic E-state index is 1.18. The Labute approximate surface area is 276 Å². The van der Waals surface area contributed by atoms with E-state index in [0.717, 1.165) is 0 Å². The molecule has 0 saturated carbocycles. The molecule has 0 aliphatic heterocycles. The van der Waals surface area contributed by atoms with Crippen LogP contribution in [0, 0.1) is 0 Å². The number of benzene rings is 6. The fourth-order valence-electron chi connectivity index (χ4n) is 6.60. The average molecular weight is 601 g/mol. The van der Waals surface area contributed by atoms with Crippen LogP contribution in [-0.2, 0) is 12.8 Å². The predicted molar refractivity (Wildman–Crippen MR) is 205 cm³/mol. The second-order valence-corrected chi connectivity index (χ2v) is 13.0. The first-order valence-electron chi connectivity index (χ1n) is 17.6. The van der Waals surface area contributed by atoms with Crippen molar-refractivity contribution in [2.45, 2.75) is 78.1 Å². The lowest BCUT2D eigenvalue weighted by molar-refractivity contribution is 0.667. The largest absolute Gasteiger partial charge is 0.0654 e. The summed E-state index contributed by atoms with van der Waals surface area (Å²) in [7, 11) is 0. The van der Waals surface area contributed by atoms with Crippen molar-refractivity contribution >= 4 is 56.6 Å². The molecule has 232 valence electrons. The van der Waals surface area contributed by atoms with Gasteiger partial charge in [0.15, 0.2) is 0 Å². The van der Waals surface area contributed by atoms with Crippen molar-refractivity contribution in [3.63, 3.8) is 0 Å². The maximum atomic E-state index is 2.35. The van der Waals surface area contributed by atoms with Gasteiger partial charge in [-0.05, 0) is 104 Å². The van der Waals surface area contributed by atoms with Crippen molar-refractivity contribution in [3.8, 4) is 0 Å². The van der Waals surface area contributed by atoms with E-state index in [1.165, 1.54) is 130 Å². The second kappa shape index (κ2) is 15.7. The Kier molecular flexibility index (Phi) is 10.8. The van der Waals surface area contributed by atoms with E-state index < -0.39 is 0 Å². The van der Waals surface area contributed by atoms with E-state index in [1.54, 1.807) is 0 Å². The summed E-state index contributed by atoms with van der Waals surface area (Å²) in [6.07, 6.45) is 21.8. The Morgan fingerprint density at radius 1 is 0.348 bits per heavy atom. The van der Waals surface area contributed by atoms with Gasteiger partial charge >= 0.3 is 0 Å². The topological polar surface area (TPSA) is 0 Å². The fourth-order valence-corrected chi connectivity index (χ4v) is 6.60. The molecule has 0 N–H and O–H groups in total. The highest BCUT2D eigenvalue weighted by Crippen LogP contribution is 2.33. The number of hydrogen-bond donors (Lipinski definition) is 0. The molecule has 0 fully saturated rings. The Bertz CT molecular complexity index is 1790. The second-order valence-electron chi connectivity index (χ2n) is 13.0. The van der Waals surface area contributed by atoms with Crippen molar-refractivity contribution < 1.29 is 0 Å². The summed E-state index contributed by atoms with van der Waals surface area (Å²) in [6, 6.07) is 41.0. The fraction of sp³-hybridized carbons (Fsp3) is 0.261. The van der Waals surface area contributed by atoms with E-state index in [0.29, 0.717) is 0 Å². The van der Waals surface area contributed by atoms with Crippen LogP contribution in [0.1, 0.15) is 98.6 Å². The molecule has 0 aromatic heterocycles. The highest BCUT2D eigenvalue weighted by molar-refractivity contribution is 6.17. The minimum atomic E-state index is 1.18. The van der Waals surface area contributed by atoms with Crippen molar-refractivity contribution in [1.82, 2.24) is 0 Å². The predicted octanol–water partition coefficient (Wildman–Crippen LogP) is 13.7. The van der Waals surface area contributed by atoms with Crippen molar-refractivity contribution in [2.75, 3.05) is 0 Å². The average Bonchev–Trinajstić information content (AvgIpc) is 3.10. The van der Waals surface area contributed by atoms with Crippen molar-refractivity contribution in [3.05, 3.63) is 143 Å². The molecule has 0 radical (unpaired) electrons. The zero-order valence-corrected chi connectivity index (χ0v) is 27.8. The zero-order chi connectivity index (χ0) is 31.6. The molecule has 0 aliphatic carbocycles. The molecule has 6 aromatic carbocycles. The Balaban J connectivity index is 1.20. The Morgan fingerprint density at radius 2 is 0.717 bits per heavy atom. The number of fused-ring (bicyclic) bond motifs is 5. The van der Waals surface area contributed by atoms with Gasteiger partial charge < -0.3 is 0 Å². The molecule has 0 spiro atoms. The molecule has 0 saturated heterocycles. The normalized spacial score (nSPS) is 12.0. The van der Waals surface area contributed by atoms with Crippen LogP contribution < -0.4 is 0 Å². The molecule has 0 aliphatic rings. The lowest BCUT2D eigenvalue weighted by Gasteiger charge is -2.09. The number of aryl methyl sites for hydroxylation is 2. The first-order valence-corrected chi connectivity index (χ1v) is 17.6. The first-order chi connectivity index (χ1) is 22.7. The Hall–Kier alpha value is -4.42. The van der Waals surface area contributed by atoms with Crippen LogP contribution in [0.15, 0.2) is 109 Å². The van der Waals surface area contributed by atoms with Crippen molar-refractivity contribution in [1.29, 1.82) is 0 Å². The molecule has 0 unspecified atom stereocenters. The van der Waals surface area contributed by atoms with Crippen LogP contribution in [0.4, 0.5) is 0 Å². The van der Waals surface area contributed by atoms with E-state index in [2.05, 4.69) is 147 Å². The lowest BCUT2D eigenvalue weighted by atomic mass is 9.95. The van der Waals surface area contributed by atoms with Crippen LogP contribution in [-0.4, -0.2) is 0 Å².